The summed E-state index contributed by atoms with van der Waals surface area (Å²) in [6.45, 7) is 0. The maximum atomic E-state index is 12.1. The molecule has 1 aliphatic rings. The van der Waals surface area contributed by atoms with Gasteiger partial charge in [-0.2, -0.15) is 0 Å². The summed E-state index contributed by atoms with van der Waals surface area (Å²) in [5.41, 5.74) is 6.02. The number of rotatable bonds is 5. The van der Waals surface area contributed by atoms with E-state index in [2.05, 4.69) is 5.32 Å². The van der Waals surface area contributed by atoms with Crippen LogP contribution in [0.4, 0.5) is 0 Å². The molecule has 1 amide bonds. The highest BCUT2D eigenvalue weighted by molar-refractivity contribution is 5.84. The molecule has 1 aliphatic carbocycles. The molecule has 0 aliphatic heterocycles. The molecule has 5 nitrogen and oxygen atoms in total. The maximum absolute atomic E-state index is 12.1. The first-order valence-electron chi connectivity index (χ1n) is 6.37. The molecule has 1 atom stereocenters. The number of amides is 1. The van der Waals surface area contributed by atoms with Crippen molar-refractivity contribution in [3.05, 3.63) is 35.9 Å². The number of hydrogen-bond acceptors (Lipinski definition) is 3. The Morgan fingerprint density at radius 1 is 1.32 bits per heavy atom. The molecule has 5 heteroatoms. The second-order valence-corrected chi connectivity index (χ2v) is 5.08. The van der Waals surface area contributed by atoms with Gasteiger partial charge >= 0.3 is 5.97 Å². The first kappa shape index (κ1) is 13.5. The van der Waals surface area contributed by atoms with Crippen LogP contribution in [0, 0.1) is 0 Å². The van der Waals surface area contributed by atoms with Crippen LogP contribution in [0.25, 0.3) is 0 Å². The molecule has 1 aromatic carbocycles. The lowest BCUT2D eigenvalue weighted by atomic mass is 9.74. The van der Waals surface area contributed by atoms with Crippen molar-refractivity contribution in [3.8, 4) is 0 Å². The highest BCUT2D eigenvalue weighted by Gasteiger charge is 2.41. The molecule has 0 spiro atoms. The summed E-state index contributed by atoms with van der Waals surface area (Å²) in [7, 11) is 0. The summed E-state index contributed by atoms with van der Waals surface area (Å²) in [4.78, 5) is 23.0. The summed E-state index contributed by atoms with van der Waals surface area (Å²) in [6.07, 6.45) is 2.30. The van der Waals surface area contributed by atoms with Crippen LogP contribution >= 0.6 is 0 Å². The minimum Gasteiger partial charge on any atom is -0.481 e. The van der Waals surface area contributed by atoms with Crippen LogP contribution in [0.2, 0.25) is 0 Å². The molecule has 0 heterocycles. The molecular formula is C14H18N2O3. The molecule has 0 saturated heterocycles. The van der Waals surface area contributed by atoms with Crippen molar-refractivity contribution < 1.29 is 14.7 Å². The van der Waals surface area contributed by atoms with Crippen molar-refractivity contribution in [3.63, 3.8) is 0 Å². The van der Waals surface area contributed by atoms with Crippen LogP contribution < -0.4 is 11.1 Å². The van der Waals surface area contributed by atoms with E-state index in [4.69, 9.17) is 10.8 Å². The third-order valence-electron chi connectivity index (χ3n) is 3.63. The number of nitrogens with two attached hydrogens (primary N) is 1. The monoisotopic (exact) mass is 262 g/mol. The van der Waals surface area contributed by atoms with Gasteiger partial charge in [-0.3, -0.25) is 9.59 Å². The number of carboxylic acid groups (broad SMARTS) is 1. The molecule has 1 fully saturated rings. The van der Waals surface area contributed by atoms with Crippen LogP contribution in [0.1, 0.15) is 37.3 Å². The summed E-state index contributed by atoms with van der Waals surface area (Å²) >= 11 is 0. The molecule has 0 aromatic heterocycles. The number of carboxylic acids is 1. The smallest absolute Gasteiger partial charge is 0.305 e. The largest absolute Gasteiger partial charge is 0.481 e. The summed E-state index contributed by atoms with van der Waals surface area (Å²) in [5, 5.41) is 11.7. The highest BCUT2D eigenvalue weighted by Crippen LogP contribution is 2.35. The number of nitrogens with one attached hydrogen (secondary N) is 1. The molecule has 1 aromatic rings. The van der Waals surface area contributed by atoms with E-state index in [9.17, 15) is 9.59 Å². The summed E-state index contributed by atoms with van der Waals surface area (Å²) < 4.78 is 0. The van der Waals surface area contributed by atoms with Crippen molar-refractivity contribution in [2.45, 2.75) is 37.3 Å². The van der Waals surface area contributed by atoms with Crippen LogP contribution in [0.5, 0.6) is 0 Å². The van der Waals surface area contributed by atoms with E-state index in [1.165, 1.54) is 0 Å². The number of carbonyl (C=O) groups excluding carboxylic acids is 1. The topological polar surface area (TPSA) is 92.4 Å². The van der Waals surface area contributed by atoms with E-state index in [0.29, 0.717) is 12.8 Å². The lowest BCUT2D eigenvalue weighted by molar-refractivity contribution is -0.140. The van der Waals surface area contributed by atoms with Crippen LogP contribution in [0.3, 0.4) is 0 Å². The number of carbonyl (C=O) groups is 2. The molecule has 0 bridgehead atoms. The van der Waals surface area contributed by atoms with E-state index in [1.54, 1.807) is 12.1 Å². The number of aliphatic carboxylic acids is 1. The first-order valence-corrected chi connectivity index (χ1v) is 6.37. The third-order valence-corrected chi connectivity index (χ3v) is 3.63. The Labute approximate surface area is 111 Å². The maximum Gasteiger partial charge on any atom is 0.305 e. The second-order valence-electron chi connectivity index (χ2n) is 5.08. The first-order chi connectivity index (χ1) is 9.02. The molecule has 0 radical (unpaired) electrons. The minimum absolute atomic E-state index is 0.0414. The van der Waals surface area contributed by atoms with E-state index in [0.717, 1.165) is 12.0 Å². The fraction of sp³-hybridized carbons (Fsp3) is 0.429. The third kappa shape index (κ3) is 3.12. The van der Waals surface area contributed by atoms with E-state index in [1.807, 2.05) is 18.2 Å². The van der Waals surface area contributed by atoms with Crippen LogP contribution in [0.15, 0.2) is 30.3 Å². The minimum atomic E-state index is -0.895. The fourth-order valence-electron chi connectivity index (χ4n) is 2.39. The van der Waals surface area contributed by atoms with Gasteiger partial charge in [-0.1, -0.05) is 30.3 Å². The lowest BCUT2D eigenvalue weighted by Gasteiger charge is -2.42. The van der Waals surface area contributed by atoms with Gasteiger partial charge in [0.1, 0.15) is 6.04 Å². The Bertz CT molecular complexity index is 469. The van der Waals surface area contributed by atoms with Gasteiger partial charge < -0.3 is 16.2 Å². The van der Waals surface area contributed by atoms with Gasteiger partial charge in [0, 0.05) is 0 Å². The van der Waals surface area contributed by atoms with Crippen molar-refractivity contribution >= 4 is 11.9 Å². The Balaban J connectivity index is 2.02. The predicted molar refractivity (Wildman–Crippen MR) is 70.3 cm³/mol. The zero-order chi connectivity index (χ0) is 13.9. The lowest BCUT2D eigenvalue weighted by Crippen LogP contribution is -2.56. The molecule has 1 saturated carbocycles. The fourth-order valence-corrected chi connectivity index (χ4v) is 2.39. The van der Waals surface area contributed by atoms with E-state index < -0.39 is 17.6 Å². The quantitative estimate of drug-likeness (QED) is 0.743. The van der Waals surface area contributed by atoms with Crippen LogP contribution in [-0.4, -0.2) is 22.5 Å². The van der Waals surface area contributed by atoms with Crippen molar-refractivity contribution in [1.82, 2.24) is 5.32 Å². The van der Waals surface area contributed by atoms with Gasteiger partial charge in [-0.05, 0) is 24.8 Å². The molecular weight excluding hydrogens is 244 g/mol. The van der Waals surface area contributed by atoms with Gasteiger partial charge in [0.25, 0.3) is 0 Å². The van der Waals surface area contributed by atoms with Crippen LogP contribution in [-0.2, 0) is 9.59 Å². The Hall–Kier alpha value is -1.88. The molecule has 4 N–H and O–H groups in total. The summed E-state index contributed by atoms with van der Waals surface area (Å²) in [6, 6.07) is 8.31. The normalized spacial score (nSPS) is 18.2. The molecule has 0 unspecified atom stereocenters. The van der Waals surface area contributed by atoms with Gasteiger partial charge in [0.05, 0.1) is 12.0 Å². The van der Waals surface area contributed by atoms with Crippen molar-refractivity contribution in [2.24, 2.45) is 5.73 Å². The van der Waals surface area contributed by atoms with E-state index >= 15 is 0 Å². The van der Waals surface area contributed by atoms with Gasteiger partial charge in [0.2, 0.25) is 5.91 Å². The summed E-state index contributed by atoms with van der Waals surface area (Å²) in [5.74, 6) is -1.21. The van der Waals surface area contributed by atoms with Crippen molar-refractivity contribution in [2.75, 3.05) is 0 Å². The molecule has 19 heavy (non-hydrogen) atoms. The zero-order valence-corrected chi connectivity index (χ0v) is 10.6. The predicted octanol–water partition coefficient (Wildman–Crippen LogP) is 1.20. The highest BCUT2D eigenvalue weighted by atomic mass is 16.4. The van der Waals surface area contributed by atoms with Gasteiger partial charge in [-0.15, -0.1) is 0 Å². The van der Waals surface area contributed by atoms with Gasteiger partial charge in [-0.25, -0.2) is 0 Å². The van der Waals surface area contributed by atoms with Gasteiger partial charge in [0.15, 0.2) is 0 Å². The number of benzene rings is 1. The molecule has 2 rings (SSSR count). The average Bonchev–Trinajstić information content (AvgIpc) is 2.35. The Kier molecular flexibility index (Phi) is 3.85. The zero-order valence-electron chi connectivity index (χ0n) is 10.6. The second kappa shape index (κ2) is 5.40. The molecule has 102 valence electrons. The Morgan fingerprint density at radius 2 is 1.95 bits per heavy atom. The van der Waals surface area contributed by atoms with Crippen molar-refractivity contribution in [1.29, 1.82) is 0 Å². The average molecular weight is 262 g/mol. The van der Waals surface area contributed by atoms with E-state index in [-0.39, 0.29) is 12.3 Å². The standard InChI is InChI=1S/C14H18N2O3/c15-12(10-5-2-1-3-6-10)13(19)16-14(7-4-8-14)9-11(17)18/h1-3,5-6,12H,4,7-9,15H2,(H,16,19)(H,17,18)/t12-/m0/s1. The Morgan fingerprint density at radius 3 is 2.42 bits per heavy atom. The number of hydrogen-bond donors (Lipinski definition) is 3. The SMILES string of the molecule is N[C@H](C(=O)NC1(CC(=O)O)CCC1)c1ccccc1.